The number of hydrogen-bond donors (Lipinski definition) is 2. The number of aliphatic hydroxyl groups is 2. The summed E-state index contributed by atoms with van der Waals surface area (Å²) >= 11 is 0. The van der Waals surface area contributed by atoms with Gasteiger partial charge in [0, 0.05) is 5.41 Å². The van der Waals surface area contributed by atoms with Crippen molar-refractivity contribution in [2.24, 2.45) is 28.6 Å². The van der Waals surface area contributed by atoms with E-state index in [1.807, 2.05) is 0 Å². The predicted octanol–water partition coefficient (Wildman–Crippen LogP) is 3.67. The zero-order valence-corrected chi connectivity index (χ0v) is 13.5. The Hall–Kier alpha value is -0.340. The van der Waals surface area contributed by atoms with Crippen LogP contribution in [0.2, 0.25) is 0 Å². The first-order chi connectivity index (χ1) is 9.91. The maximum atomic E-state index is 11.2. The molecule has 0 aliphatic heterocycles. The summed E-state index contributed by atoms with van der Waals surface area (Å²) in [5.74, 6) is 2.04. The highest BCUT2D eigenvalue weighted by atomic mass is 16.3. The van der Waals surface area contributed by atoms with Gasteiger partial charge in [-0.2, -0.15) is 0 Å². The molecule has 4 rings (SSSR count). The molecular formula is C19H30O2. The minimum absolute atomic E-state index is 0.0551. The van der Waals surface area contributed by atoms with Gasteiger partial charge in [0.2, 0.25) is 0 Å². The van der Waals surface area contributed by atoms with Gasteiger partial charge in [0.15, 0.2) is 0 Å². The van der Waals surface area contributed by atoms with E-state index in [1.165, 1.54) is 12.8 Å². The van der Waals surface area contributed by atoms with E-state index in [0.717, 1.165) is 44.4 Å². The Morgan fingerprint density at radius 2 is 1.76 bits per heavy atom. The summed E-state index contributed by atoms with van der Waals surface area (Å²) in [5, 5.41) is 21.7. The topological polar surface area (TPSA) is 40.5 Å². The molecule has 21 heavy (non-hydrogen) atoms. The third-order valence-corrected chi connectivity index (χ3v) is 8.28. The van der Waals surface area contributed by atoms with Gasteiger partial charge in [0.1, 0.15) is 0 Å². The van der Waals surface area contributed by atoms with Crippen LogP contribution >= 0.6 is 0 Å². The molecule has 2 N–H and O–H groups in total. The van der Waals surface area contributed by atoms with E-state index in [2.05, 4.69) is 26.0 Å². The molecule has 0 saturated heterocycles. The van der Waals surface area contributed by atoms with E-state index < -0.39 is 5.60 Å². The fourth-order valence-electron chi connectivity index (χ4n) is 6.78. The summed E-state index contributed by atoms with van der Waals surface area (Å²) in [5.41, 5.74) is -0.367. The fourth-order valence-corrected chi connectivity index (χ4v) is 6.78. The summed E-state index contributed by atoms with van der Waals surface area (Å²) in [6, 6.07) is 0. The van der Waals surface area contributed by atoms with E-state index in [9.17, 15) is 10.2 Å². The summed E-state index contributed by atoms with van der Waals surface area (Å²) in [6.45, 7) is 4.68. The SMILES string of the molecule is C[C@]12CC[C@H]3[C@@H](CC[C@]4(O)C=CCC[C@]34C)[C@@H]1CC[C@@H]2O. The molecule has 0 spiro atoms. The van der Waals surface area contributed by atoms with Crippen LogP contribution in [0.5, 0.6) is 0 Å². The van der Waals surface area contributed by atoms with Crippen LogP contribution in [0.3, 0.4) is 0 Å². The predicted molar refractivity (Wildman–Crippen MR) is 83.7 cm³/mol. The Balaban J connectivity index is 1.70. The molecular weight excluding hydrogens is 260 g/mol. The molecule has 118 valence electrons. The second-order valence-corrected chi connectivity index (χ2v) is 8.84. The monoisotopic (exact) mass is 290 g/mol. The second kappa shape index (κ2) is 4.35. The zero-order chi connectivity index (χ0) is 14.9. The van der Waals surface area contributed by atoms with Crippen LogP contribution in [0.4, 0.5) is 0 Å². The van der Waals surface area contributed by atoms with Crippen molar-refractivity contribution in [2.75, 3.05) is 0 Å². The average molecular weight is 290 g/mol. The highest BCUT2D eigenvalue weighted by molar-refractivity contribution is 5.21. The molecule has 7 atom stereocenters. The molecule has 0 aromatic heterocycles. The molecule has 0 heterocycles. The van der Waals surface area contributed by atoms with Crippen molar-refractivity contribution in [3.63, 3.8) is 0 Å². The Kier molecular flexibility index (Phi) is 2.96. The Morgan fingerprint density at radius 1 is 0.952 bits per heavy atom. The van der Waals surface area contributed by atoms with Gasteiger partial charge in [-0.15, -0.1) is 0 Å². The van der Waals surface area contributed by atoms with Crippen molar-refractivity contribution < 1.29 is 10.2 Å². The molecule has 2 heteroatoms. The third-order valence-electron chi connectivity index (χ3n) is 8.28. The molecule has 0 radical (unpaired) electrons. The van der Waals surface area contributed by atoms with Gasteiger partial charge >= 0.3 is 0 Å². The van der Waals surface area contributed by atoms with Crippen molar-refractivity contribution in [3.8, 4) is 0 Å². The van der Waals surface area contributed by atoms with Crippen LogP contribution in [-0.4, -0.2) is 21.9 Å². The molecule has 2 nitrogen and oxygen atoms in total. The number of allylic oxidation sites excluding steroid dienone is 1. The van der Waals surface area contributed by atoms with Crippen molar-refractivity contribution in [3.05, 3.63) is 12.2 Å². The molecule has 3 saturated carbocycles. The molecule has 0 aromatic rings. The Bertz CT molecular complexity index is 472. The van der Waals surface area contributed by atoms with Crippen LogP contribution in [0, 0.1) is 28.6 Å². The first-order valence-corrected chi connectivity index (χ1v) is 8.99. The van der Waals surface area contributed by atoms with Crippen molar-refractivity contribution >= 4 is 0 Å². The largest absolute Gasteiger partial charge is 0.393 e. The van der Waals surface area contributed by atoms with E-state index in [-0.39, 0.29) is 16.9 Å². The van der Waals surface area contributed by atoms with Gasteiger partial charge in [-0.3, -0.25) is 0 Å². The molecule has 4 aliphatic rings. The lowest BCUT2D eigenvalue weighted by Crippen LogP contribution is -2.60. The van der Waals surface area contributed by atoms with Crippen molar-refractivity contribution in [1.29, 1.82) is 0 Å². The lowest BCUT2D eigenvalue weighted by Gasteiger charge is -2.62. The highest BCUT2D eigenvalue weighted by Gasteiger charge is 2.62. The van der Waals surface area contributed by atoms with Gasteiger partial charge in [-0.05, 0) is 74.5 Å². The lowest BCUT2D eigenvalue weighted by molar-refractivity contribution is -0.173. The standard InChI is InChI=1S/C19H30O2/c1-17-11-8-15-13(14(17)5-6-16(17)20)7-12-19(21)10-4-3-9-18(15,19)2/h4,10,13-16,20-21H,3,5-9,11-12H2,1-2H3/t13-,14-,15-,16-,17-,18+,19+/m0/s1. The third kappa shape index (κ3) is 1.67. The highest BCUT2D eigenvalue weighted by Crippen LogP contribution is 2.66. The minimum Gasteiger partial charge on any atom is -0.393 e. The fraction of sp³-hybridized carbons (Fsp3) is 0.895. The summed E-state index contributed by atoms with van der Waals surface area (Å²) < 4.78 is 0. The quantitative estimate of drug-likeness (QED) is 0.668. The van der Waals surface area contributed by atoms with Crippen LogP contribution in [0.15, 0.2) is 12.2 Å². The number of hydrogen-bond acceptors (Lipinski definition) is 2. The van der Waals surface area contributed by atoms with Gasteiger partial charge in [-0.25, -0.2) is 0 Å². The van der Waals surface area contributed by atoms with Gasteiger partial charge in [0.25, 0.3) is 0 Å². The van der Waals surface area contributed by atoms with Crippen molar-refractivity contribution in [2.45, 2.75) is 76.9 Å². The van der Waals surface area contributed by atoms with E-state index in [4.69, 9.17) is 0 Å². The summed E-state index contributed by atoms with van der Waals surface area (Å²) in [7, 11) is 0. The normalized spacial score (nSPS) is 59.2. The first kappa shape index (κ1) is 14.3. The van der Waals surface area contributed by atoms with Gasteiger partial charge in [0.05, 0.1) is 11.7 Å². The average Bonchev–Trinajstić information content (AvgIpc) is 2.76. The summed E-state index contributed by atoms with van der Waals surface area (Å²) in [6.07, 6.45) is 13.1. The number of rotatable bonds is 0. The molecule has 0 unspecified atom stereocenters. The summed E-state index contributed by atoms with van der Waals surface area (Å²) in [4.78, 5) is 0. The van der Waals surface area contributed by atoms with Crippen LogP contribution in [0.1, 0.15) is 65.2 Å². The van der Waals surface area contributed by atoms with Crippen LogP contribution < -0.4 is 0 Å². The van der Waals surface area contributed by atoms with E-state index >= 15 is 0 Å². The van der Waals surface area contributed by atoms with Crippen LogP contribution in [0.25, 0.3) is 0 Å². The minimum atomic E-state index is -0.572. The Morgan fingerprint density at radius 3 is 2.57 bits per heavy atom. The molecule has 3 fully saturated rings. The van der Waals surface area contributed by atoms with E-state index in [1.54, 1.807) is 0 Å². The molecule has 0 aromatic carbocycles. The first-order valence-electron chi connectivity index (χ1n) is 8.99. The smallest absolute Gasteiger partial charge is 0.0883 e. The number of aliphatic hydroxyl groups excluding tert-OH is 1. The van der Waals surface area contributed by atoms with Crippen LogP contribution in [-0.2, 0) is 0 Å². The maximum Gasteiger partial charge on any atom is 0.0883 e. The Labute approximate surface area is 128 Å². The number of fused-ring (bicyclic) bond motifs is 5. The van der Waals surface area contributed by atoms with Gasteiger partial charge in [-0.1, -0.05) is 26.0 Å². The maximum absolute atomic E-state index is 11.2. The van der Waals surface area contributed by atoms with E-state index in [0.29, 0.717) is 11.8 Å². The lowest BCUT2D eigenvalue weighted by atomic mass is 9.45. The second-order valence-electron chi connectivity index (χ2n) is 8.84. The zero-order valence-electron chi connectivity index (χ0n) is 13.5. The van der Waals surface area contributed by atoms with Gasteiger partial charge < -0.3 is 10.2 Å². The molecule has 4 aliphatic carbocycles. The molecule has 0 bridgehead atoms. The van der Waals surface area contributed by atoms with Crippen molar-refractivity contribution in [1.82, 2.24) is 0 Å². The molecule has 0 amide bonds.